The minimum absolute atomic E-state index is 0.00578. The average Bonchev–Trinajstić information content (AvgIpc) is 3.17. The summed E-state index contributed by atoms with van der Waals surface area (Å²) >= 11 is 14.2. The standard InChI is InChI=1S/C40H45Cl2N5O6/c1-24(48)46-19-16-29(17-20-46)47(40(50)51)23-27-9-14-34(45-39(27)53-3)33-6-4-5-31(36(33)41)32-15-18-43-38(37(32)42)25-7-8-26(35(21-25)52-2)22-44-28-10-12-30(49)13-11-28/h4-9,14-15,18,21,28-30,44,49H,10-13,16-17,19-20,22-23H2,1-3H3,(H,50,51). The highest BCUT2D eigenvalue weighted by atomic mass is 35.5. The number of piperidine rings is 1. The van der Waals surface area contributed by atoms with Crippen LogP contribution in [0.25, 0.3) is 33.6 Å². The average molecular weight is 763 g/mol. The number of hydrogen-bond acceptors (Lipinski definition) is 8. The quantitative estimate of drug-likeness (QED) is 0.141. The molecule has 0 radical (unpaired) electrons. The van der Waals surface area contributed by atoms with Gasteiger partial charge in [0.2, 0.25) is 11.8 Å². The summed E-state index contributed by atoms with van der Waals surface area (Å²) in [6, 6.07) is 17.2. The van der Waals surface area contributed by atoms with Crippen molar-refractivity contribution < 1.29 is 29.3 Å². The lowest BCUT2D eigenvalue weighted by atomic mass is 9.93. The first-order chi connectivity index (χ1) is 25.6. The molecule has 3 N–H and O–H groups in total. The molecule has 0 bridgehead atoms. The van der Waals surface area contributed by atoms with Crippen LogP contribution in [-0.4, -0.2) is 87.5 Å². The number of methoxy groups -OCH3 is 2. The molecule has 1 saturated carbocycles. The molecule has 4 aromatic rings. The molecule has 1 saturated heterocycles. The van der Waals surface area contributed by atoms with Crippen LogP contribution in [0.3, 0.4) is 0 Å². The summed E-state index contributed by atoms with van der Waals surface area (Å²) in [4.78, 5) is 36.7. The number of carboxylic acid groups (broad SMARTS) is 1. The zero-order valence-electron chi connectivity index (χ0n) is 30.1. The molecular weight excluding hydrogens is 717 g/mol. The molecule has 0 spiro atoms. The molecule has 6 rings (SSSR count). The van der Waals surface area contributed by atoms with E-state index in [1.807, 2.05) is 48.5 Å². The fourth-order valence-electron chi connectivity index (χ4n) is 7.31. The molecule has 1 aliphatic heterocycles. The first kappa shape index (κ1) is 38.3. The van der Waals surface area contributed by atoms with Crippen molar-refractivity contribution in [1.82, 2.24) is 25.1 Å². The van der Waals surface area contributed by atoms with Gasteiger partial charge in [-0.05, 0) is 62.8 Å². The van der Waals surface area contributed by atoms with Crippen LogP contribution >= 0.6 is 23.2 Å². The van der Waals surface area contributed by atoms with Crippen molar-refractivity contribution in [3.63, 3.8) is 0 Å². The van der Waals surface area contributed by atoms with Gasteiger partial charge in [0.25, 0.3) is 0 Å². The van der Waals surface area contributed by atoms with Gasteiger partial charge in [-0.2, -0.15) is 0 Å². The number of benzene rings is 2. The van der Waals surface area contributed by atoms with E-state index in [1.54, 1.807) is 24.3 Å². The fourth-order valence-corrected chi connectivity index (χ4v) is 7.96. The Morgan fingerprint density at radius 3 is 2.28 bits per heavy atom. The summed E-state index contributed by atoms with van der Waals surface area (Å²) in [6.07, 6.45) is 5.12. The van der Waals surface area contributed by atoms with Crippen molar-refractivity contribution >= 4 is 35.2 Å². The maximum absolute atomic E-state index is 12.3. The largest absolute Gasteiger partial charge is 0.496 e. The molecule has 0 unspecified atom stereocenters. The Bertz CT molecular complexity index is 1950. The summed E-state index contributed by atoms with van der Waals surface area (Å²) in [6.45, 7) is 3.30. The van der Waals surface area contributed by atoms with E-state index < -0.39 is 6.09 Å². The van der Waals surface area contributed by atoms with Crippen molar-refractivity contribution in [2.24, 2.45) is 0 Å². The van der Waals surface area contributed by atoms with Crippen LogP contribution in [-0.2, 0) is 17.9 Å². The summed E-state index contributed by atoms with van der Waals surface area (Å²) in [5.74, 6) is 1.02. The zero-order chi connectivity index (χ0) is 37.6. The first-order valence-corrected chi connectivity index (χ1v) is 18.6. The van der Waals surface area contributed by atoms with Crippen molar-refractivity contribution in [1.29, 1.82) is 0 Å². The van der Waals surface area contributed by atoms with Crippen LogP contribution in [0.1, 0.15) is 56.6 Å². The van der Waals surface area contributed by atoms with Crippen molar-refractivity contribution in [3.05, 3.63) is 82.0 Å². The lowest BCUT2D eigenvalue weighted by Crippen LogP contribution is -2.47. The van der Waals surface area contributed by atoms with E-state index in [0.29, 0.717) is 88.1 Å². The number of nitrogens with zero attached hydrogens (tertiary/aromatic N) is 4. The van der Waals surface area contributed by atoms with Crippen molar-refractivity contribution in [2.75, 3.05) is 27.3 Å². The van der Waals surface area contributed by atoms with E-state index in [-0.39, 0.29) is 24.6 Å². The molecule has 2 aromatic carbocycles. The molecule has 2 amide bonds. The molecule has 2 fully saturated rings. The van der Waals surface area contributed by atoms with Gasteiger partial charge in [0, 0.05) is 78.2 Å². The van der Waals surface area contributed by atoms with Crippen molar-refractivity contribution in [2.45, 2.75) is 76.7 Å². The summed E-state index contributed by atoms with van der Waals surface area (Å²) < 4.78 is 11.4. The Labute approximate surface area is 319 Å². The molecule has 13 heteroatoms. The number of aliphatic hydroxyl groups is 1. The van der Waals surface area contributed by atoms with E-state index >= 15 is 0 Å². The van der Waals surface area contributed by atoms with E-state index in [4.69, 9.17) is 37.7 Å². The zero-order valence-corrected chi connectivity index (χ0v) is 31.7. The summed E-state index contributed by atoms with van der Waals surface area (Å²) in [7, 11) is 3.15. The number of ether oxygens (including phenoxy) is 2. The van der Waals surface area contributed by atoms with Crippen LogP contribution in [0.2, 0.25) is 10.0 Å². The van der Waals surface area contributed by atoms with Gasteiger partial charge < -0.3 is 34.8 Å². The predicted octanol–water partition coefficient (Wildman–Crippen LogP) is 7.69. The molecule has 53 heavy (non-hydrogen) atoms. The normalized spacial score (nSPS) is 17.7. The number of hydrogen-bond donors (Lipinski definition) is 3. The number of rotatable bonds is 11. The predicted molar refractivity (Wildman–Crippen MR) is 205 cm³/mol. The number of amides is 2. The Morgan fingerprint density at radius 1 is 0.906 bits per heavy atom. The summed E-state index contributed by atoms with van der Waals surface area (Å²) in [5, 5.41) is 24.4. The van der Waals surface area contributed by atoms with Crippen LogP contribution in [0.4, 0.5) is 4.79 Å². The van der Waals surface area contributed by atoms with Crippen molar-refractivity contribution in [3.8, 4) is 45.3 Å². The Kier molecular flexibility index (Phi) is 12.4. The third-order valence-corrected chi connectivity index (χ3v) is 11.2. The monoisotopic (exact) mass is 761 g/mol. The van der Waals surface area contributed by atoms with Gasteiger partial charge in [0.1, 0.15) is 5.75 Å². The number of aliphatic hydroxyl groups excluding tert-OH is 1. The van der Waals surface area contributed by atoms with Crippen LogP contribution in [0, 0.1) is 0 Å². The SMILES string of the molecule is COc1cc(-c2nccc(-c3cccc(-c4ccc(CN(C(=O)O)C5CCN(C(C)=O)CC5)c(OC)n4)c3Cl)c2Cl)ccc1CNC1CCC(O)CC1. The number of carbonyl (C=O) groups excluding carboxylic acids is 1. The van der Waals surface area contributed by atoms with E-state index in [9.17, 15) is 19.8 Å². The van der Waals surface area contributed by atoms with Gasteiger partial charge in [0.05, 0.1) is 48.3 Å². The highest BCUT2D eigenvalue weighted by molar-refractivity contribution is 6.39. The molecular formula is C40H45Cl2N5O6. The second-order valence-electron chi connectivity index (χ2n) is 13.6. The van der Waals surface area contributed by atoms with Gasteiger partial charge >= 0.3 is 6.09 Å². The smallest absolute Gasteiger partial charge is 0.407 e. The second kappa shape index (κ2) is 17.2. The van der Waals surface area contributed by atoms with Gasteiger partial charge in [-0.3, -0.25) is 9.78 Å². The number of nitrogens with one attached hydrogen (secondary N) is 1. The van der Waals surface area contributed by atoms with Gasteiger partial charge in [0.15, 0.2) is 0 Å². The second-order valence-corrected chi connectivity index (χ2v) is 14.4. The highest BCUT2D eigenvalue weighted by Gasteiger charge is 2.30. The molecule has 1 aliphatic carbocycles. The topological polar surface area (TPSA) is 137 Å². The van der Waals surface area contributed by atoms with E-state index in [1.165, 1.54) is 18.9 Å². The summed E-state index contributed by atoms with van der Waals surface area (Å²) in [5.41, 5.74) is 5.62. The Morgan fingerprint density at radius 2 is 1.60 bits per heavy atom. The number of likely N-dealkylation sites (tertiary alicyclic amines) is 1. The number of halogens is 2. The molecule has 280 valence electrons. The third kappa shape index (κ3) is 8.70. The molecule has 0 atom stereocenters. The van der Waals surface area contributed by atoms with Gasteiger partial charge in [-0.15, -0.1) is 0 Å². The Hall–Kier alpha value is -4.42. The first-order valence-electron chi connectivity index (χ1n) is 17.9. The minimum Gasteiger partial charge on any atom is -0.496 e. The number of pyridine rings is 2. The highest BCUT2D eigenvalue weighted by Crippen LogP contribution is 2.42. The van der Waals surface area contributed by atoms with Gasteiger partial charge in [-0.25, -0.2) is 9.78 Å². The number of aromatic nitrogens is 2. The third-order valence-electron chi connectivity index (χ3n) is 10.4. The molecule has 2 aliphatic rings. The van der Waals surface area contributed by atoms with Crippen LogP contribution in [0.5, 0.6) is 11.6 Å². The van der Waals surface area contributed by atoms with Crippen LogP contribution < -0.4 is 14.8 Å². The van der Waals surface area contributed by atoms with Gasteiger partial charge in [-0.1, -0.05) is 53.5 Å². The number of carbonyl (C=O) groups is 2. The fraction of sp³-hybridized carbons (Fsp3) is 0.400. The lowest BCUT2D eigenvalue weighted by Gasteiger charge is -2.37. The maximum atomic E-state index is 12.3. The molecule has 11 nitrogen and oxygen atoms in total. The molecule has 3 heterocycles. The van der Waals surface area contributed by atoms with Crippen LogP contribution in [0.15, 0.2) is 60.8 Å². The van der Waals surface area contributed by atoms with E-state index in [0.717, 1.165) is 42.6 Å². The van der Waals surface area contributed by atoms with E-state index in [2.05, 4.69) is 10.3 Å². The maximum Gasteiger partial charge on any atom is 0.407 e. The Balaban J connectivity index is 1.23. The lowest BCUT2D eigenvalue weighted by molar-refractivity contribution is -0.130. The minimum atomic E-state index is -1.04. The molecule has 2 aromatic heterocycles.